The lowest BCUT2D eigenvalue weighted by atomic mass is 9.91. The lowest BCUT2D eigenvalue weighted by Gasteiger charge is -2.40. The SMILES string of the molecule is CCC1(CC)COC(c2ccc(Br)cc2)CN1. The number of hydrogen-bond donors (Lipinski definition) is 1. The quantitative estimate of drug-likeness (QED) is 0.919. The van der Waals surface area contributed by atoms with Crippen LogP contribution in [0.5, 0.6) is 0 Å². The Bertz CT molecular complexity index is 349. The molecule has 0 amide bonds. The second-order valence-corrected chi connectivity index (χ2v) is 5.64. The predicted octanol–water partition coefficient (Wildman–Crippen LogP) is 3.67. The lowest BCUT2D eigenvalue weighted by molar-refractivity contribution is -0.0374. The fourth-order valence-electron chi connectivity index (χ4n) is 2.27. The molecule has 1 heterocycles. The number of nitrogens with one attached hydrogen (secondary N) is 1. The van der Waals surface area contributed by atoms with Crippen LogP contribution in [-0.4, -0.2) is 18.7 Å². The minimum atomic E-state index is 0.186. The Labute approximate surface area is 112 Å². The minimum absolute atomic E-state index is 0.186. The zero-order chi connectivity index (χ0) is 12.3. The van der Waals surface area contributed by atoms with Gasteiger partial charge in [-0.2, -0.15) is 0 Å². The highest BCUT2D eigenvalue weighted by Gasteiger charge is 2.32. The molecule has 2 rings (SSSR count). The first kappa shape index (κ1) is 13.1. The van der Waals surface area contributed by atoms with Gasteiger partial charge in [-0.25, -0.2) is 0 Å². The summed E-state index contributed by atoms with van der Waals surface area (Å²) in [6.07, 6.45) is 2.43. The highest BCUT2D eigenvalue weighted by molar-refractivity contribution is 9.10. The average molecular weight is 298 g/mol. The van der Waals surface area contributed by atoms with Gasteiger partial charge in [0, 0.05) is 16.6 Å². The van der Waals surface area contributed by atoms with E-state index in [0.29, 0.717) is 0 Å². The monoisotopic (exact) mass is 297 g/mol. The number of halogens is 1. The van der Waals surface area contributed by atoms with Gasteiger partial charge in [-0.05, 0) is 30.5 Å². The number of rotatable bonds is 3. The zero-order valence-electron chi connectivity index (χ0n) is 10.5. The van der Waals surface area contributed by atoms with E-state index < -0.39 is 0 Å². The van der Waals surface area contributed by atoms with Gasteiger partial charge < -0.3 is 10.1 Å². The molecule has 1 saturated heterocycles. The highest BCUT2D eigenvalue weighted by Crippen LogP contribution is 2.28. The molecule has 2 nitrogen and oxygen atoms in total. The van der Waals surface area contributed by atoms with Crippen molar-refractivity contribution in [3.8, 4) is 0 Å². The van der Waals surface area contributed by atoms with Crippen molar-refractivity contribution in [1.29, 1.82) is 0 Å². The molecule has 1 aromatic carbocycles. The maximum atomic E-state index is 6.02. The van der Waals surface area contributed by atoms with Gasteiger partial charge in [0.15, 0.2) is 0 Å². The van der Waals surface area contributed by atoms with Crippen LogP contribution in [0.25, 0.3) is 0 Å². The fraction of sp³-hybridized carbons (Fsp3) is 0.571. The third-order valence-electron chi connectivity index (χ3n) is 3.82. The summed E-state index contributed by atoms with van der Waals surface area (Å²) in [6.45, 7) is 6.16. The van der Waals surface area contributed by atoms with E-state index in [0.717, 1.165) is 30.5 Å². The largest absolute Gasteiger partial charge is 0.370 e. The van der Waals surface area contributed by atoms with Crippen molar-refractivity contribution in [2.45, 2.75) is 38.3 Å². The molecule has 0 aromatic heterocycles. The van der Waals surface area contributed by atoms with Crippen LogP contribution in [0, 0.1) is 0 Å². The number of ether oxygens (including phenoxy) is 1. The summed E-state index contributed by atoms with van der Waals surface area (Å²) in [7, 11) is 0. The third-order valence-corrected chi connectivity index (χ3v) is 4.35. The van der Waals surface area contributed by atoms with Crippen LogP contribution in [0.3, 0.4) is 0 Å². The molecule has 1 aliphatic rings. The Morgan fingerprint density at radius 3 is 2.41 bits per heavy atom. The van der Waals surface area contributed by atoms with Gasteiger partial charge in [-0.3, -0.25) is 0 Å². The van der Waals surface area contributed by atoms with Gasteiger partial charge in [-0.15, -0.1) is 0 Å². The van der Waals surface area contributed by atoms with Crippen molar-refractivity contribution < 1.29 is 4.74 Å². The van der Waals surface area contributed by atoms with Gasteiger partial charge in [-0.1, -0.05) is 41.9 Å². The van der Waals surface area contributed by atoms with E-state index in [1.54, 1.807) is 0 Å². The molecular formula is C14H20BrNO. The zero-order valence-corrected chi connectivity index (χ0v) is 12.1. The van der Waals surface area contributed by atoms with E-state index in [1.165, 1.54) is 5.56 Å². The summed E-state index contributed by atoms with van der Waals surface area (Å²) in [5, 5.41) is 3.66. The third kappa shape index (κ3) is 2.90. The van der Waals surface area contributed by atoms with E-state index in [9.17, 15) is 0 Å². The van der Waals surface area contributed by atoms with Crippen LogP contribution in [0.15, 0.2) is 28.7 Å². The van der Waals surface area contributed by atoms with Crippen molar-refractivity contribution >= 4 is 15.9 Å². The minimum Gasteiger partial charge on any atom is -0.370 e. The molecule has 0 bridgehead atoms. The van der Waals surface area contributed by atoms with E-state index in [-0.39, 0.29) is 11.6 Å². The summed E-state index contributed by atoms with van der Waals surface area (Å²) in [5.74, 6) is 0. The summed E-state index contributed by atoms with van der Waals surface area (Å²) < 4.78 is 7.14. The maximum Gasteiger partial charge on any atom is 0.0950 e. The Kier molecular flexibility index (Phi) is 4.23. The van der Waals surface area contributed by atoms with Crippen molar-refractivity contribution in [2.24, 2.45) is 0 Å². The number of benzene rings is 1. The molecule has 3 heteroatoms. The molecule has 1 aliphatic heterocycles. The summed E-state index contributed by atoms with van der Waals surface area (Å²) in [4.78, 5) is 0. The van der Waals surface area contributed by atoms with Crippen LogP contribution >= 0.6 is 15.9 Å². The lowest BCUT2D eigenvalue weighted by Crippen LogP contribution is -2.54. The molecule has 0 spiro atoms. The second kappa shape index (κ2) is 5.51. The van der Waals surface area contributed by atoms with Gasteiger partial charge in [0.2, 0.25) is 0 Å². The van der Waals surface area contributed by atoms with E-state index in [4.69, 9.17) is 4.74 Å². The van der Waals surface area contributed by atoms with E-state index >= 15 is 0 Å². The van der Waals surface area contributed by atoms with Gasteiger partial charge in [0.25, 0.3) is 0 Å². The normalized spacial score (nSPS) is 23.6. The molecule has 1 fully saturated rings. The summed E-state index contributed by atoms with van der Waals surface area (Å²) >= 11 is 3.45. The van der Waals surface area contributed by atoms with Crippen molar-refractivity contribution in [1.82, 2.24) is 5.32 Å². The summed E-state index contributed by atoms with van der Waals surface area (Å²) in [6, 6.07) is 8.39. The molecular weight excluding hydrogens is 278 g/mol. The van der Waals surface area contributed by atoms with Crippen molar-refractivity contribution in [3.63, 3.8) is 0 Å². The molecule has 1 unspecified atom stereocenters. The van der Waals surface area contributed by atoms with Gasteiger partial charge >= 0.3 is 0 Å². The molecule has 1 N–H and O–H groups in total. The van der Waals surface area contributed by atoms with E-state index in [2.05, 4.69) is 59.4 Å². The Morgan fingerprint density at radius 2 is 1.94 bits per heavy atom. The molecule has 1 aromatic rings. The molecule has 94 valence electrons. The fourth-order valence-corrected chi connectivity index (χ4v) is 2.54. The molecule has 0 saturated carbocycles. The Hall–Kier alpha value is -0.380. The first-order valence-electron chi connectivity index (χ1n) is 6.31. The van der Waals surface area contributed by atoms with Crippen LogP contribution in [0.1, 0.15) is 38.4 Å². The standard InChI is InChI=1S/C14H20BrNO/c1-3-14(4-2)10-17-13(9-16-14)11-5-7-12(15)8-6-11/h5-8,13,16H,3-4,9-10H2,1-2H3. The highest BCUT2D eigenvalue weighted by atomic mass is 79.9. The number of morpholine rings is 1. The van der Waals surface area contributed by atoms with Crippen LogP contribution in [0.2, 0.25) is 0 Å². The number of hydrogen-bond acceptors (Lipinski definition) is 2. The second-order valence-electron chi connectivity index (χ2n) is 4.72. The first-order valence-corrected chi connectivity index (χ1v) is 7.10. The van der Waals surface area contributed by atoms with Crippen molar-refractivity contribution in [2.75, 3.05) is 13.2 Å². The Balaban J connectivity index is 2.01. The predicted molar refractivity (Wildman–Crippen MR) is 74.2 cm³/mol. The first-order chi connectivity index (χ1) is 8.19. The van der Waals surface area contributed by atoms with Gasteiger partial charge in [0.1, 0.15) is 0 Å². The molecule has 1 atom stereocenters. The van der Waals surface area contributed by atoms with E-state index in [1.807, 2.05) is 0 Å². The molecule has 0 aliphatic carbocycles. The molecule has 0 radical (unpaired) electrons. The van der Waals surface area contributed by atoms with Crippen LogP contribution in [-0.2, 0) is 4.74 Å². The summed E-state index contributed by atoms with van der Waals surface area (Å²) in [5.41, 5.74) is 1.44. The van der Waals surface area contributed by atoms with Crippen molar-refractivity contribution in [3.05, 3.63) is 34.3 Å². The smallest absolute Gasteiger partial charge is 0.0950 e. The average Bonchev–Trinajstić information content (AvgIpc) is 2.40. The Morgan fingerprint density at radius 1 is 1.29 bits per heavy atom. The van der Waals surface area contributed by atoms with Crippen LogP contribution < -0.4 is 5.32 Å². The topological polar surface area (TPSA) is 21.3 Å². The van der Waals surface area contributed by atoms with Crippen LogP contribution in [0.4, 0.5) is 0 Å². The van der Waals surface area contributed by atoms with Gasteiger partial charge in [0.05, 0.1) is 12.7 Å². The maximum absolute atomic E-state index is 6.02. The molecule has 17 heavy (non-hydrogen) atoms.